The van der Waals surface area contributed by atoms with Crippen LogP contribution in [0, 0.1) is 42.6 Å². The zero-order valence-corrected chi connectivity index (χ0v) is 27.9. The van der Waals surface area contributed by atoms with E-state index in [0.29, 0.717) is 40.7 Å². The van der Waals surface area contributed by atoms with Crippen LogP contribution in [0.1, 0.15) is 45.7 Å². The van der Waals surface area contributed by atoms with Crippen molar-refractivity contribution in [3.63, 3.8) is 0 Å². The minimum absolute atomic E-state index is 0. The van der Waals surface area contributed by atoms with Gasteiger partial charge in [-0.1, -0.05) is 19.1 Å². The van der Waals surface area contributed by atoms with Crippen molar-refractivity contribution in [2.75, 3.05) is 6.54 Å². The largest absolute Gasteiger partial charge is 1.00 e. The summed E-state index contributed by atoms with van der Waals surface area (Å²) in [4.78, 5) is 16.4. The third-order valence-corrected chi connectivity index (χ3v) is 8.72. The zero-order chi connectivity index (χ0) is 33.2. The molecule has 0 saturated heterocycles. The molecule has 14 heteroatoms. The van der Waals surface area contributed by atoms with Gasteiger partial charge in [-0.3, -0.25) is 4.79 Å². The van der Waals surface area contributed by atoms with Crippen molar-refractivity contribution in [1.29, 1.82) is 5.26 Å². The SMILES string of the molecule is Cc1cc(C[n+]2cnn(CC(O)(c3cc(F)c(F)cc3F)C(C)c3nc(-c4ccc(C#N)cc4)cs3)c2)cc(C)c1OC(=O)CN.[Br-]. The van der Waals surface area contributed by atoms with Gasteiger partial charge in [0.2, 0.25) is 6.33 Å². The summed E-state index contributed by atoms with van der Waals surface area (Å²) in [6, 6.07) is 13.7. The van der Waals surface area contributed by atoms with E-state index < -0.39 is 40.5 Å². The molecule has 3 aromatic carbocycles. The highest BCUT2D eigenvalue weighted by molar-refractivity contribution is 7.10. The molecular weight excluding hydrogens is 697 g/mol. The average molecular weight is 728 g/mol. The van der Waals surface area contributed by atoms with Gasteiger partial charge < -0.3 is 32.6 Å². The Bertz CT molecular complexity index is 1940. The minimum atomic E-state index is -2.11. The Kier molecular flexibility index (Phi) is 11.0. The number of ether oxygens (including phenoxy) is 1. The minimum Gasteiger partial charge on any atom is -1.00 e. The van der Waals surface area contributed by atoms with Crippen LogP contribution in [-0.4, -0.2) is 32.4 Å². The maximum atomic E-state index is 15.3. The highest BCUT2D eigenvalue weighted by Gasteiger charge is 2.44. The molecule has 0 bridgehead atoms. The second kappa shape index (κ2) is 14.6. The number of nitriles is 1. The molecule has 47 heavy (non-hydrogen) atoms. The van der Waals surface area contributed by atoms with Gasteiger partial charge in [0.05, 0.1) is 35.4 Å². The molecule has 0 spiro atoms. The Hall–Kier alpha value is -4.42. The summed E-state index contributed by atoms with van der Waals surface area (Å²) in [7, 11) is 0. The van der Waals surface area contributed by atoms with Crippen molar-refractivity contribution in [3.8, 4) is 23.1 Å². The number of carbonyl (C=O) groups is 1. The number of thiazole rings is 1. The molecule has 5 aromatic rings. The van der Waals surface area contributed by atoms with Crippen LogP contribution >= 0.6 is 11.3 Å². The van der Waals surface area contributed by atoms with Gasteiger partial charge in [0.25, 0.3) is 6.33 Å². The van der Waals surface area contributed by atoms with E-state index in [1.165, 1.54) is 22.3 Å². The number of benzene rings is 3. The van der Waals surface area contributed by atoms with Gasteiger partial charge in [0.15, 0.2) is 11.6 Å². The molecule has 2 aromatic heterocycles. The summed E-state index contributed by atoms with van der Waals surface area (Å²) in [5, 5.41) is 27.8. The summed E-state index contributed by atoms with van der Waals surface area (Å²) in [5.74, 6) is -4.79. The van der Waals surface area contributed by atoms with Gasteiger partial charge in [-0.25, -0.2) is 22.7 Å². The molecule has 244 valence electrons. The molecule has 0 aliphatic rings. The summed E-state index contributed by atoms with van der Waals surface area (Å²) in [5.41, 5.74) is 6.99. The fourth-order valence-electron chi connectivity index (χ4n) is 5.28. The number of rotatable bonds is 10. The van der Waals surface area contributed by atoms with Crippen LogP contribution in [-0.2, 0) is 23.5 Å². The summed E-state index contributed by atoms with van der Waals surface area (Å²) < 4.78 is 52.1. The molecule has 2 atom stereocenters. The maximum Gasteiger partial charge on any atom is 0.325 e. The van der Waals surface area contributed by atoms with Crippen molar-refractivity contribution >= 4 is 17.3 Å². The van der Waals surface area contributed by atoms with E-state index in [1.54, 1.807) is 47.5 Å². The predicted octanol–water partition coefficient (Wildman–Crippen LogP) is 1.81. The number of nitrogens with zero attached hydrogens (tertiary/aromatic N) is 5. The van der Waals surface area contributed by atoms with Crippen LogP contribution in [0.5, 0.6) is 5.75 Å². The standard InChI is InChI=1S/C33H30F3N6O3S.BrH/c1-19-8-23(9-20(2)31(19)45-30(43)13-38)14-41-17-39-42(18-41)16-33(44,25-10-27(35)28(36)11-26(25)34)21(3)32-40-29(15-46-32)24-6-4-22(12-37)5-7-24;/h4-11,15,17-18,21,44H,13-14,16,38H2,1-3H3;1H/q+1;/p-1. The third-order valence-electron chi connectivity index (χ3n) is 7.70. The second-order valence-corrected chi connectivity index (χ2v) is 11.9. The highest BCUT2D eigenvalue weighted by Crippen LogP contribution is 2.42. The number of hydrogen-bond acceptors (Lipinski definition) is 8. The van der Waals surface area contributed by atoms with Gasteiger partial charge in [-0.2, -0.15) is 5.26 Å². The molecule has 3 N–H and O–H groups in total. The topological polar surface area (TPSA) is 131 Å². The number of aromatic nitrogens is 4. The van der Waals surface area contributed by atoms with Gasteiger partial charge in [-0.15, -0.1) is 16.0 Å². The van der Waals surface area contributed by atoms with Gasteiger partial charge in [0, 0.05) is 33.6 Å². The maximum absolute atomic E-state index is 15.3. The number of aliphatic hydroxyl groups is 1. The average Bonchev–Trinajstić information content (AvgIpc) is 3.70. The number of hydrogen-bond donors (Lipinski definition) is 2. The Morgan fingerprint density at radius 2 is 1.79 bits per heavy atom. The molecule has 0 saturated carbocycles. The predicted molar refractivity (Wildman–Crippen MR) is 163 cm³/mol. The monoisotopic (exact) mass is 726 g/mol. The Morgan fingerprint density at radius 3 is 2.43 bits per heavy atom. The van der Waals surface area contributed by atoms with Crippen molar-refractivity contribution < 1.29 is 49.4 Å². The van der Waals surface area contributed by atoms with E-state index in [0.717, 1.165) is 22.3 Å². The second-order valence-electron chi connectivity index (χ2n) is 11.0. The lowest BCUT2D eigenvalue weighted by Gasteiger charge is -2.32. The molecule has 0 amide bonds. The van der Waals surface area contributed by atoms with Gasteiger partial charge in [0.1, 0.15) is 23.7 Å². The van der Waals surface area contributed by atoms with E-state index in [4.69, 9.17) is 15.7 Å². The first-order valence-corrected chi connectivity index (χ1v) is 15.1. The Labute approximate surface area is 283 Å². The van der Waals surface area contributed by atoms with E-state index >= 15 is 4.39 Å². The first kappa shape index (κ1) is 35.4. The number of nitrogens with two attached hydrogens (primary N) is 1. The lowest BCUT2D eigenvalue weighted by Crippen LogP contribution is -3.00. The quantitative estimate of drug-likeness (QED) is 0.0972. The third kappa shape index (κ3) is 7.60. The molecule has 2 heterocycles. The Balaban J connectivity index is 0.00000500. The Morgan fingerprint density at radius 1 is 1.13 bits per heavy atom. The zero-order valence-electron chi connectivity index (χ0n) is 25.5. The molecular formula is C33H30BrF3N6O3S. The van der Waals surface area contributed by atoms with Crippen LogP contribution in [0.4, 0.5) is 13.2 Å². The summed E-state index contributed by atoms with van der Waals surface area (Å²) in [6.07, 6.45) is 3.12. The molecule has 0 fully saturated rings. The van der Waals surface area contributed by atoms with Crippen LogP contribution < -0.4 is 32.0 Å². The van der Waals surface area contributed by atoms with Crippen molar-refractivity contribution in [2.45, 2.75) is 45.4 Å². The van der Waals surface area contributed by atoms with Crippen LogP contribution in [0.25, 0.3) is 11.3 Å². The van der Waals surface area contributed by atoms with Gasteiger partial charge >= 0.3 is 5.97 Å². The lowest BCUT2D eigenvalue weighted by atomic mass is 9.82. The molecule has 9 nitrogen and oxygen atoms in total. The molecule has 0 aliphatic carbocycles. The molecule has 0 aliphatic heterocycles. The van der Waals surface area contributed by atoms with E-state index in [9.17, 15) is 18.7 Å². The van der Waals surface area contributed by atoms with Crippen molar-refractivity contribution in [2.24, 2.45) is 5.73 Å². The van der Waals surface area contributed by atoms with E-state index in [2.05, 4.69) is 16.2 Å². The summed E-state index contributed by atoms with van der Waals surface area (Å²) >= 11 is 1.22. The number of carbonyl (C=O) groups excluding carboxylic acids is 1. The van der Waals surface area contributed by atoms with Crippen LogP contribution in [0.3, 0.4) is 0 Å². The highest BCUT2D eigenvalue weighted by atomic mass is 79.9. The van der Waals surface area contributed by atoms with Crippen molar-refractivity contribution in [3.05, 3.63) is 117 Å². The smallest absolute Gasteiger partial charge is 0.325 e. The molecule has 2 unspecified atom stereocenters. The molecule has 0 radical (unpaired) electrons. The number of aryl methyl sites for hydroxylation is 2. The van der Waals surface area contributed by atoms with E-state index in [1.807, 2.05) is 26.0 Å². The first-order chi connectivity index (χ1) is 21.9. The fraction of sp³-hybridized carbons (Fsp3) is 0.242. The van der Waals surface area contributed by atoms with Crippen molar-refractivity contribution in [1.82, 2.24) is 14.8 Å². The van der Waals surface area contributed by atoms with Gasteiger partial charge in [-0.05, 0) is 60.9 Å². The normalized spacial score (nSPS) is 12.9. The van der Waals surface area contributed by atoms with E-state index in [-0.39, 0.29) is 30.1 Å². The van der Waals surface area contributed by atoms with Crippen LogP contribution in [0.15, 0.2) is 66.6 Å². The first-order valence-electron chi connectivity index (χ1n) is 14.2. The number of esters is 1. The fourth-order valence-corrected chi connectivity index (χ4v) is 6.25. The summed E-state index contributed by atoms with van der Waals surface area (Å²) in [6.45, 7) is 5.06. The van der Waals surface area contributed by atoms with Crippen LogP contribution in [0.2, 0.25) is 0 Å². The number of halogens is 4. The molecule has 5 rings (SSSR count). The lowest BCUT2D eigenvalue weighted by molar-refractivity contribution is -0.689.